The number of guanidine groups is 1. The molecule has 0 saturated carbocycles. The van der Waals surface area contributed by atoms with Gasteiger partial charge in [-0.2, -0.15) is 18.2 Å². The van der Waals surface area contributed by atoms with Gasteiger partial charge in [-0.25, -0.2) is 4.99 Å². The van der Waals surface area contributed by atoms with Crippen molar-refractivity contribution in [2.75, 3.05) is 11.9 Å². The Morgan fingerprint density at radius 3 is 2.76 bits per heavy atom. The summed E-state index contributed by atoms with van der Waals surface area (Å²) in [4.78, 5) is 6.76. The summed E-state index contributed by atoms with van der Waals surface area (Å²) in [7, 11) is 0. The fourth-order valence-corrected chi connectivity index (χ4v) is 0.981. The molecule has 0 atom stereocenters. The average Bonchev–Trinajstić information content (AvgIpc) is 2.20. The number of nitrogens with one attached hydrogen (secondary N) is 1. The Labute approximate surface area is 95.2 Å². The molecule has 0 bridgehead atoms. The zero-order valence-electron chi connectivity index (χ0n) is 8.91. The van der Waals surface area contributed by atoms with Crippen molar-refractivity contribution in [3.05, 3.63) is 17.7 Å². The number of hydrogen-bond donors (Lipinski definition) is 3. The molecule has 0 radical (unpaired) electrons. The Morgan fingerprint density at radius 2 is 2.18 bits per heavy atom. The van der Waals surface area contributed by atoms with Crippen LogP contribution in [0.15, 0.2) is 17.1 Å². The Hall–Kier alpha value is -1.99. The van der Waals surface area contributed by atoms with Crippen LogP contribution in [-0.4, -0.2) is 28.8 Å². The van der Waals surface area contributed by atoms with E-state index in [1.165, 1.54) is 6.07 Å². The van der Waals surface area contributed by atoms with Gasteiger partial charge in [0.1, 0.15) is 12.4 Å². The first-order chi connectivity index (χ1) is 7.78. The highest BCUT2D eigenvalue weighted by molar-refractivity contribution is 5.92. The van der Waals surface area contributed by atoms with Gasteiger partial charge in [-0.3, -0.25) is 0 Å². The number of aromatic nitrogens is 1. The second-order valence-electron chi connectivity index (χ2n) is 3.28. The molecular weight excluding hydrogens is 237 g/mol. The lowest BCUT2D eigenvalue weighted by Gasteiger charge is -2.08. The predicted molar refractivity (Wildman–Crippen MR) is 56.8 cm³/mol. The minimum Gasteiger partial charge on any atom is -0.493 e. The second kappa shape index (κ2) is 4.89. The standard InChI is InChI=1S/C9H11F3N4O/c1-5-2-3-6(17)15-7(5)16-8(13)14-4-9(10,11)12/h2-3H,4H2,1H3,(H4,13,14,15,16,17). The summed E-state index contributed by atoms with van der Waals surface area (Å²) >= 11 is 0. The number of aromatic hydroxyl groups is 1. The smallest absolute Gasteiger partial charge is 0.408 e. The molecule has 0 saturated heterocycles. The maximum atomic E-state index is 11.9. The molecule has 0 aromatic carbocycles. The Bertz CT molecular complexity index is 431. The Morgan fingerprint density at radius 1 is 1.53 bits per heavy atom. The van der Waals surface area contributed by atoms with Gasteiger partial charge in [-0.05, 0) is 12.5 Å². The maximum Gasteiger partial charge on any atom is 0.408 e. The van der Waals surface area contributed by atoms with Gasteiger partial charge in [0, 0.05) is 6.07 Å². The number of hydrogen-bond acceptors (Lipinski definition) is 3. The first-order valence-electron chi connectivity index (χ1n) is 4.58. The second-order valence-corrected chi connectivity index (χ2v) is 3.28. The van der Waals surface area contributed by atoms with E-state index in [9.17, 15) is 13.2 Å². The van der Waals surface area contributed by atoms with Crippen LogP contribution in [0.2, 0.25) is 0 Å². The van der Waals surface area contributed by atoms with Crippen LogP contribution in [-0.2, 0) is 0 Å². The number of pyridine rings is 1. The number of nitrogens with zero attached hydrogens (tertiary/aromatic N) is 2. The van der Waals surface area contributed by atoms with Crippen LogP contribution in [0.5, 0.6) is 5.88 Å². The van der Waals surface area contributed by atoms with Crippen LogP contribution in [0, 0.1) is 6.92 Å². The van der Waals surface area contributed by atoms with Crippen molar-refractivity contribution in [1.82, 2.24) is 4.98 Å². The van der Waals surface area contributed by atoms with E-state index in [0.717, 1.165) is 0 Å². The van der Waals surface area contributed by atoms with Gasteiger partial charge in [0.05, 0.1) is 0 Å². The third-order valence-corrected chi connectivity index (χ3v) is 1.76. The summed E-state index contributed by atoms with van der Waals surface area (Å²) in [5.41, 5.74) is 5.87. The van der Waals surface area contributed by atoms with Gasteiger partial charge in [-0.1, -0.05) is 6.07 Å². The number of aryl methyl sites for hydroxylation is 1. The molecule has 1 aromatic heterocycles. The number of anilines is 1. The molecule has 94 valence electrons. The summed E-state index contributed by atoms with van der Waals surface area (Å²) < 4.78 is 35.6. The first kappa shape index (κ1) is 13.1. The van der Waals surface area contributed by atoms with Gasteiger partial charge in [0.25, 0.3) is 0 Å². The zero-order chi connectivity index (χ0) is 13.1. The summed E-state index contributed by atoms with van der Waals surface area (Å²) in [5, 5.41) is 11.5. The van der Waals surface area contributed by atoms with Crippen molar-refractivity contribution in [3.63, 3.8) is 0 Å². The first-order valence-corrected chi connectivity index (χ1v) is 4.58. The predicted octanol–water partition coefficient (Wildman–Crippen LogP) is 1.38. The van der Waals surface area contributed by atoms with Crippen molar-refractivity contribution in [2.45, 2.75) is 13.1 Å². The van der Waals surface area contributed by atoms with E-state index >= 15 is 0 Å². The number of halogens is 3. The van der Waals surface area contributed by atoms with Crippen molar-refractivity contribution < 1.29 is 18.3 Å². The van der Waals surface area contributed by atoms with Gasteiger partial charge in [-0.15, -0.1) is 0 Å². The van der Waals surface area contributed by atoms with Crippen molar-refractivity contribution in [2.24, 2.45) is 10.7 Å². The van der Waals surface area contributed by atoms with Gasteiger partial charge < -0.3 is 16.2 Å². The molecule has 8 heteroatoms. The molecule has 0 aliphatic carbocycles. The van der Waals surface area contributed by atoms with E-state index < -0.39 is 18.7 Å². The lowest BCUT2D eigenvalue weighted by Crippen LogP contribution is -2.26. The van der Waals surface area contributed by atoms with Gasteiger partial charge >= 0.3 is 6.18 Å². The van der Waals surface area contributed by atoms with Gasteiger partial charge in [0.15, 0.2) is 5.96 Å². The summed E-state index contributed by atoms with van der Waals surface area (Å²) in [6, 6.07) is 2.89. The highest BCUT2D eigenvalue weighted by Gasteiger charge is 2.26. The van der Waals surface area contributed by atoms with E-state index in [4.69, 9.17) is 10.8 Å². The minimum absolute atomic E-state index is 0.161. The largest absolute Gasteiger partial charge is 0.493 e. The molecule has 1 rings (SSSR count). The van der Waals surface area contributed by atoms with E-state index in [2.05, 4.69) is 15.3 Å². The van der Waals surface area contributed by atoms with E-state index in [-0.39, 0.29) is 11.7 Å². The third kappa shape index (κ3) is 4.58. The van der Waals surface area contributed by atoms with Crippen LogP contribution in [0.3, 0.4) is 0 Å². The number of nitrogens with two attached hydrogens (primary N) is 1. The molecule has 0 amide bonds. The molecule has 0 unspecified atom stereocenters. The lowest BCUT2D eigenvalue weighted by atomic mass is 10.3. The number of alkyl halides is 3. The lowest BCUT2D eigenvalue weighted by molar-refractivity contribution is -0.118. The molecule has 1 heterocycles. The van der Waals surface area contributed by atoms with Gasteiger partial charge in [0.2, 0.25) is 5.88 Å². The Balaban J connectivity index is 2.74. The topological polar surface area (TPSA) is 83.5 Å². The fraction of sp³-hybridized carbons (Fsp3) is 0.333. The molecule has 5 nitrogen and oxygen atoms in total. The van der Waals surface area contributed by atoms with Crippen LogP contribution in [0.25, 0.3) is 0 Å². The molecule has 17 heavy (non-hydrogen) atoms. The fourth-order valence-electron chi connectivity index (χ4n) is 0.981. The van der Waals surface area contributed by atoms with Crippen LogP contribution in [0.1, 0.15) is 5.56 Å². The molecule has 0 fully saturated rings. The molecule has 0 aliphatic heterocycles. The highest BCUT2D eigenvalue weighted by atomic mass is 19.4. The van der Waals surface area contributed by atoms with Crippen LogP contribution in [0.4, 0.5) is 19.0 Å². The molecule has 0 aliphatic rings. The van der Waals surface area contributed by atoms with Crippen molar-refractivity contribution in [1.29, 1.82) is 0 Å². The van der Waals surface area contributed by atoms with Crippen LogP contribution >= 0.6 is 0 Å². The molecule has 0 spiro atoms. The highest BCUT2D eigenvalue weighted by Crippen LogP contribution is 2.16. The normalized spacial score (nSPS) is 12.6. The summed E-state index contributed by atoms with van der Waals surface area (Å²) in [6.45, 7) is 0.287. The maximum absolute atomic E-state index is 11.9. The average molecular weight is 248 g/mol. The quantitative estimate of drug-likeness (QED) is 0.545. The number of rotatable bonds is 2. The van der Waals surface area contributed by atoms with Crippen molar-refractivity contribution in [3.8, 4) is 5.88 Å². The zero-order valence-corrected chi connectivity index (χ0v) is 8.91. The van der Waals surface area contributed by atoms with E-state index in [1.54, 1.807) is 13.0 Å². The summed E-state index contributed by atoms with van der Waals surface area (Å²) in [5.74, 6) is -0.515. The minimum atomic E-state index is -4.41. The summed E-state index contributed by atoms with van der Waals surface area (Å²) in [6.07, 6.45) is -4.41. The third-order valence-electron chi connectivity index (χ3n) is 1.76. The SMILES string of the molecule is Cc1ccc(O)nc1NC(N)=NCC(F)(F)F. The molecule has 1 aromatic rings. The molecule has 4 N–H and O–H groups in total. The Kier molecular flexibility index (Phi) is 3.77. The van der Waals surface area contributed by atoms with Crippen LogP contribution < -0.4 is 11.1 Å². The van der Waals surface area contributed by atoms with E-state index in [0.29, 0.717) is 5.56 Å². The van der Waals surface area contributed by atoms with Crippen molar-refractivity contribution >= 4 is 11.8 Å². The molecular formula is C9H11F3N4O. The monoisotopic (exact) mass is 248 g/mol. The van der Waals surface area contributed by atoms with E-state index in [1.807, 2.05) is 0 Å². The number of aliphatic imine (C=N–C) groups is 1.